The number of aliphatic hydroxyl groups excluding tert-OH is 1. The molecule has 8 heteroatoms. The summed E-state index contributed by atoms with van der Waals surface area (Å²) in [5.74, 6) is 0.623. The van der Waals surface area contributed by atoms with Crippen molar-refractivity contribution in [1.29, 1.82) is 0 Å². The highest BCUT2D eigenvalue weighted by atomic mass is 16.3. The van der Waals surface area contributed by atoms with Gasteiger partial charge in [-0.05, 0) is 18.9 Å². The topological polar surface area (TPSA) is 86.5 Å². The van der Waals surface area contributed by atoms with Crippen LogP contribution in [-0.2, 0) is 20.1 Å². The lowest BCUT2D eigenvalue weighted by Crippen LogP contribution is -2.39. The monoisotopic (exact) mass is 367 g/mol. The summed E-state index contributed by atoms with van der Waals surface area (Å²) in [6.07, 6.45) is 2.21. The maximum absolute atomic E-state index is 13.0. The van der Waals surface area contributed by atoms with Crippen LogP contribution in [0.1, 0.15) is 17.7 Å². The van der Waals surface area contributed by atoms with Crippen LogP contribution in [-0.4, -0.2) is 34.8 Å². The Bertz CT molecular complexity index is 1240. The molecule has 0 aliphatic heterocycles. The van der Waals surface area contributed by atoms with Crippen LogP contribution >= 0.6 is 0 Å². The third kappa shape index (κ3) is 2.69. The highest BCUT2D eigenvalue weighted by Gasteiger charge is 2.20. The van der Waals surface area contributed by atoms with Gasteiger partial charge in [-0.25, -0.2) is 4.79 Å². The van der Waals surface area contributed by atoms with Gasteiger partial charge in [0, 0.05) is 32.1 Å². The maximum Gasteiger partial charge on any atom is 0.332 e. The molecular formula is C19H21N5O3. The first-order valence-corrected chi connectivity index (χ1v) is 8.85. The maximum atomic E-state index is 13.0. The predicted octanol–water partition coefficient (Wildman–Crippen LogP) is 0.889. The van der Waals surface area contributed by atoms with Gasteiger partial charge in [-0.3, -0.25) is 18.3 Å². The summed E-state index contributed by atoms with van der Waals surface area (Å²) in [5.41, 5.74) is 2.03. The van der Waals surface area contributed by atoms with Gasteiger partial charge in [0.2, 0.25) is 5.78 Å². The van der Waals surface area contributed by atoms with Gasteiger partial charge in [0.15, 0.2) is 11.2 Å². The van der Waals surface area contributed by atoms with Gasteiger partial charge in [-0.15, -0.1) is 0 Å². The number of hydrogen-bond donors (Lipinski definition) is 1. The molecule has 3 heterocycles. The Labute approximate surface area is 154 Å². The molecule has 140 valence electrons. The summed E-state index contributed by atoms with van der Waals surface area (Å²) in [7, 11) is 1.61. The van der Waals surface area contributed by atoms with Crippen LogP contribution in [0.25, 0.3) is 16.9 Å². The van der Waals surface area contributed by atoms with Crippen LogP contribution in [0.5, 0.6) is 0 Å². The highest BCUT2D eigenvalue weighted by Crippen LogP contribution is 2.17. The molecule has 0 spiro atoms. The summed E-state index contributed by atoms with van der Waals surface area (Å²) in [6, 6.07) is 10.0. The molecule has 0 unspecified atom stereocenters. The van der Waals surface area contributed by atoms with Crippen molar-refractivity contribution in [3.63, 3.8) is 0 Å². The average molecular weight is 367 g/mol. The zero-order valence-electron chi connectivity index (χ0n) is 15.3. The molecule has 0 radical (unpaired) electrons. The van der Waals surface area contributed by atoms with Gasteiger partial charge in [0.1, 0.15) is 0 Å². The Morgan fingerprint density at radius 1 is 1.11 bits per heavy atom. The standard InChI is InChI=1S/C19H21N5O3/c1-13-11-24-15-16(21(2)19(27)22(17(15)26)9-6-10-25)20-18(24)23(13)12-14-7-4-3-5-8-14/h3-5,7-8,11,25H,6,9-10,12H2,1-2H3. The van der Waals surface area contributed by atoms with Crippen molar-refractivity contribution in [3.8, 4) is 0 Å². The van der Waals surface area contributed by atoms with E-state index in [1.54, 1.807) is 11.4 Å². The van der Waals surface area contributed by atoms with E-state index in [-0.39, 0.29) is 18.7 Å². The van der Waals surface area contributed by atoms with E-state index in [0.717, 1.165) is 15.8 Å². The summed E-state index contributed by atoms with van der Waals surface area (Å²) >= 11 is 0. The number of hydrogen-bond acceptors (Lipinski definition) is 4. The van der Waals surface area contributed by atoms with E-state index in [9.17, 15) is 9.59 Å². The Morgan fingerprint density at radius 3 is 2.56 bits per heavy atom. The van der Waals surface area contributed by atoms with Gasteiger partial charge in [-0.1, -0.05) is 30.3 Å². The van der Waals surface area contributed by atoms with E-state index in [2.05, 4.69) is 4.98 Å². The number of nitrogens with zero attached hydrogens (tertiary/aromatic N) is 5. The quantitative estimate of drug-likeness (QED) is 0.568. The minimum absolute atomic E-state index is 0.0813. The second kappa shape index (κ2) is 6.55. The van der Waals surface area contributed by atoms with Crippen molar-refractivity contribution < 1.29 is 5.11 Å². The van der Waals surface area contributed by atoms with Crippen LogP contribution in [0.4, 0.5) is 0 Å². The van der Waals surface area contributed by atoms with E-state index in [0.29, 0.717) is 29.9 Å². The Kier molecular flexibility index (Phi) is 4.19. The number of aromatic nitrogens is 5. The molecule has 0 amide bonds. The second-order valence-electron chi connectivity index (χ2n) is 6.67. The van der Waals surface area contributed by atoms with Gasteiger partial charge in [0.05, 0.1) is 6.54 Å². The number of rotatable bonds is 5. The van der Waals surface area contributed by atoms with Crippen LogP contribution < -0.4 is 11.2 Å². The van der Waals surface area contributed by atoms with Crippen molar-refractivity contribution in [1.82, 2.24) is 23.1 Å². The first-order chi connectivity index (χ1) is 13.0. The Morgan fingerprint density at radius 2 is 1.85 bits per heavy atom. The van der Waals surface area contributed by atoms with E-state index < -0.39 is 5.69 Å². The number of aliphatic hydroxyl groups is 1. The molecule has 8 nitrogen and oxygen atoms in total. The van der Waals surface area contributed by atoms with Crippen molar-refractivity contribution in [2.75, 3.05) is 6.61 Å². The fraction of sp³-hybridized carbons (Fsp3) is 0.316. The molecule has 0 saturated heterocycles. The van der Waals surface area contributed by atoms with Gasteiger partial charge >= 0.3 is 5.69 Å². The molecule has 0 aliphatic rings. The average Bonchev–Trinajstić information content (AvgIpc) is 3.17. The lowest BCUT2D eigenvalue weighted by molar-refractivity contribution is 0.277. The molecule has 3 aromatic heterocycles. The van der Waals surface area contributed by atoms with Crippen molar-refractivity contribution in [2.45, 2.75) is 26.4 Å². The lowest BCUT2D eigenvalue weighted by Gasteiger charge is -2.07. The van der Waals surface area contributed by atoms with Crippen molar-refractivity contribution in [3.05, 3.63) is 68.6 Å². The van der Waals surface area contributed by atoms with E-state index in [1.165, 1.54) is 4.57 Å². The van der Waals surface area contributed by atoms with Crippen molar-refractivity contribution in [2.24, 2.45) is 7.05 Å². The van der Waals surface area contributed by atoms with Gasteiger partial charge < -0.3 is 9.67 Å². The van der Waals surface area contributed by atoms with E-state index in [1.807, 2.05) is 48.0 Å². The number of imidazole rings is 2. The summed E-state index contributed by atoms with van der Waals surface area (Å²) in [4.78, 5) is 30.1. The zero-order chi connectivity index (χ0) is 19.1. The first-order valence-electron chi connectivity index (χ1n) is 8.85. The fourth-order valence-corrected chi connectivity index (χ4v) is 3.44. The molecule has 4 rings (SSSR count). The molecule has 0 aliphatic carbocycles. The van der Waals surface area contributed by atoms with Crippen LogP contribution in [0.2, 0.25) is 0 Å². The minimum Gasteiger partial charge on any atom is -0.396 e. The summed E-state index contributed by atoms with van der Waals surface area (Å²) in [5, 5.41) is 9.06. The highest BCUT2D eigenvalue weighted by molar-refractivity contribution is 5.75. The van der Waals surface area contributed by atoms with Gasteiger partial charge in [-0.2, -0.15) is 4.98 Å². The van der Waals surface area contributed by atoms with E-state index >= 15 is 0 Å². The predicted molar refractivity (Wildman–Crippen MR) is 102 cm³/mol. The summed E-state index contributed by atoms with van der Waals surface area (Å²) < 4.78 is 6.34. The fourth-order valence-electron chi connectivity index (χ4n) is 3.44. The lowest BCUT2D eigenvalue weighted by atomic mass is 10.2. The molecule has 1 N–H and O–H groups in total. The van der Waals surface area contributed by atoms with Crippen LogP contribution in [0.3, 0.4) is 0 Å². The zero-order valence-corrected chi connectivity index (χ0v) is 15.3. The molecule has 0 fully saturated rings. The van der Waals surface area contributed by atoms with Crippen molar-refractivity contribution >= 4 is 16.9 Å². The SMILES string of the molecule is Cc1cn2c3c(=O)n(CCCO)c(=O)n(C)c3nc2n1Cc1ccccc1. The summed E-state index contributed by atoms with van der Waals surface area (Å²) in [6.45, 7) is 2.69. The van der Waals surface area contributed by atoms with Crippen LogP contribution in [0, 0.1) is 6.92 Å². The minimum atomic E-state index is -0.423. The second-order valence-corrected chi connectivity index (χ2v) is 6.67. The van der Waals surface area contributed by atoms with Crippen LogP contribution in [0.15, 0.2) is 46.1 Å². The Hall–Kier alpha value is -3.13. The molecule has 0 atom stereocenters. The Balaban J connectivity index is 1.97. The van der Waals surface area contributed by atoms with E-state index in [4.69, 9.17) is 5.11 Å². The largest absolute Gasteiger partial charge is 0.396 e. The smallest absolute Gasteiger partial charge is 0.332 e. The molecule has 0 saturated carbocycles. The first kappa shape index (κ1) is 17.3. The number of fused-ring (bicyclic) bond motifs is 3. The molecule has 0 bridgehead atoms. The molecular weight excluding hydrogens is 346 g/mol. The number of benzene rings is 1. The molecule has 4 aromatic rings. The van der Waals surface area contributed by atoms with Gasteiger partial charge in [0.25, 0.3) is 5.56 Å². The molecule has 1 aromatic carbocycles. The third-order valence-corrected chi connectivity index (χ3v) is 4.86. The normalized spacial score (nSPS) is 11.7. The molecule has 27 heavy (non-hydrogen) atoms. The third-order valence-electron chi connectivity index (χ3n) is 4.86. The number of aryl methyl sites for hydroxylation is 2.